The quantitative estimate of drug-likeness (QED) is 0.581. The van der Waals surface area contributed by atoms with Gasteiger partial charge in [0.05, 0.1) is 23.7 Å². The summed E-state index contributed by atoms with van der Waals surface area (Å²) >= 11 is 0. The number of amides is 2. The Balaban J connectivity index is 2.03. The summed E-state index contributed by atoms with van der Waals surface area (Å²) in [5.41, 5.74) is 6.95. The third-order valence-electron chi connectivity index (χ3n) is 4.32. The molecule has 7 nitrogen and oxygen atoms in total. The topological polar surface area (TPSA) is 109 Å². The molecule has 0 spiro atoms. The summed E-state index contributed by atoms with van der Waals surface area (Å²) < 4.78 is 5.03. The summed E-state index contributed by atoms with van der Waals surface area (Å²) in [7, 11) is 0. The molecule has 0 aromatic carbocycles. The van der Waals surface area contributed by atoms with Crippen LogP contribution < -0.4 is 10.9 Å². The number of furan rings is 1. The highest BCUT2D eigenvalue weighted by Crippen LogP contribution is 2.34. The van der Waals surface area contributed by atoms with Crippen LogP contribution in [0.5, 0.6) is 0 Å². The minimum atomic E-state index is -1.01. The molecule has 0 aliphatic heterocycles. The average Bonchev–Trinajstić information content (AvgIpc) is 2.92. The maximum atomic E-state index is 12.3. The maximum Gasteiger partial charge on any atom is 0.307 e. The van der Waals surface area contributed by atoms with Crippen LogP contribution in [0.3, 0.4) is 0 Å². The van der Waals surface area contributed by atoms with Crippen molar-refractivity contribution in [2.45, 2.75) is 33.6 Å². The summed E-state index contributed by atoms with van der Waals surface area (Å²) in [5.74, 6) is -3.07. The summed E-state index contributed by atoms with van der Waals surface area (Å²) in [6.07, 6.45) is 2.09. The second kappa shape index (κ2) is 6.68. The molecule has 3 N–H and O–H groups in total. The Morgan fingerprint density at radius 1 is 1.09 bits per heavy atom. The number of carbonyl (C=O) groups excluding carboxylic acids is 2. The molecule has 0 saturated heterocycles. The van der Waals surface area contributed by atoms with Crippen molar-refractivity contribution in [1.29, 1.82) is 0 Å². The van der Waals surface area contributed by atoms with Crippen LogP contribution in [0, 0.1) is 18.8 Å². The monoisotopic (exact) mass is 320 g/mol. The van der Waals surface area contributed by atoms with Gasteiger partial charge in [-0.25, -0.2) is 0 Å². The van der Waals surface area contributed by atoms with Crippen LogP contribution in [-0.2, 0) is 9.59 Å². The second-order valence-electron chi connectivity index (χ2n) is 5.85. The molecular weight excluding hydrogens is 300 g/mol. The molecule has 0 radical (unpaired) electrons. The van der Waals surface area contributed by atoms with E-state index >= 15 is 0 Å². The largest absolute Gasteiger partial charge is 0.481 e. The van der Waals surface area contributed by atoms with E-state index < -0.39 is 29.6 Å². The van der Waals surface area contributed by atoms with Crippen molar-refractivity contribution >= 4 is 17.8 Å². The van der Waals surface area contributed by atoms with E-state index in [1.54, 1.807) is 6.92 Å². The molecule has 7 heteroatoms. The number of aliphatic carboxylic acids is 1. The van der Waals surface area contributed by atoms with E-state index in [9.17, 15) is 19.5 Å². The van der Waals surface area contributed by atoms with Crippen LogP contribution in [0.4, 0.5) is 0 Å². The van der Waals surface area contributed by atoms with E-state index in [1.807, 2.05) is 13.8 Å². The third-order valence-corrected chi connectivity index (χ3v) is 4.32. The van der Waals surface area contributed by atoms with Crippen LogP contribution in [-0.4, -0.2) is 22.9 Å². The predicted octanol–water partition coefficient (Wildman–Crippen LogP) is 1.80. The molecule has 0 unspecified atom stereocenters. The SMILES string of the molecule is CC1=C(C)C[C@@H](C(=O)NNC(=O)c2ccoc2C)[C@H](C(=O)O)C1. The highest BCUT2D eigenvalue weighted by Gasteiger charge is 2.37. The zero-order valence-corrected chi connectivity index (χ0v) is 13.3. The number of carboxylic acids is 1. The molecule has 2 atom stereocenters. The van der Waals surface area contributed by atoms with Gasteiger partial charge in [0.1, 0.15) is 5.76 Å². The fraction of sp³-hybridized carbons (Fsp3) is 0.438. The molecule has 1 aromatic rings. The number of allylic oxidation sites excluding steroid dienone is 2. The van der Waals surface area contributed by atoms with E-state index in [4.69, 9.17) is 4.42 Å². The molecule has 1 aromatic heterocycles. The van der Waals surface area contributed by atoms with E-state index in [-0.39, 0.29) is 0 Å². The lowest BCUT2D eigenvalue weighted by atomic mass is 9.76. The van der Waals surface area contributed by atoms with Gasteiger partial charge in [-0.1, -0.05) is 11.1 Å². The van der Waals surface area contributed by atoms with Gasteiger partial charge in [-0.05, 0) is 39.7 Å². The van der Waals surface area contributed by atoms with Gasteiger partial charge in [0.15, 0.2) is 0 Å². The Bertz CT molecular complexity index is 674. The van der Waals surface area contributed by atoms with Gasteiger partial charge in [-0.3, -0.25) is 25.2 Å². The first-order valence-corrected chi connectivity index (χ1v) is 7.33. The average molecular weight is 320 g/mol. The Morgan fingerprint density at radius 2 is 1.70 bits per heavy atom. The Labute approximate surface area is 133 Å². The Kier molecular flexibility index (Phi) is 4.88. The van der Waals surface area contributed by atoms with E-state index in [0.29, 0.717) is 24.2 Å². The zero-order chi connectivity index (χ0) is 17.1. The molecule has 1 aliphatic rings. The second-order valence-corrected chi connectivity index (χ2v) is 5.85. The van der Waals surface area contributed by atoms with Gasteiger partial charge < -0.3 is 9.52 Å². The van der Waals surface area contributed by atoms with Crippen LogP contribution >= 0.6 is 0 Å². The predicted molar refractivity (Wildman–Crippen MR) is 81.3 cm³/mol. The third kappa shape index (κ3) is 3.61. The molecule has 2 amide bonds. The van der Waals surface area contributed by atoms with Gasteiger partial charge in [0, 0.05) is 0 Å². The van der Waals surface area contributed by atoms with E-state index in [0.717, 1.165) is 11.1 Å². The lowest BCUT2D eigenvalue weighted by molar-refractivity contribution is -0.147. The molecule has 1 aliphatic carbocycles. The van der Waals surface area contributed by atoms with E-state index in [2.05, 4.69) is 10.9 Å². The lowest BCUT2D eigenvalue weighted by Gasteiger charge is -2.29. The number of hydrazine groups is 1. The van der Waals surface area contributed by atoms with Gasteiger partial charge in [0.25, 0.3) is 5.91 Å². The highest BCUT2D eigenvalue weighted by atomic mass is 16.4. The van der Waals surface area contributed by atoms with Crippen molar-refractivity contribution < 1.29 is 23.9 Å². The first kappa shape index (κ1) is 16.8. The summed E-state index contributed by atoms with van der Waals surface area (Å²) in [6.45, 7) is 5.40. The molecule has 1 heterocycles. The number of hydrogen-bond donors (Lipinski definition) is 3. The zero-order valence-electron chi connectivity index (χ0n) is 13.3. The normalized spacial score (nSPS) is 21.0. The molecule has 0 fully saturated rings. The number of carbonyl (C=O) groups is 3. The van der Waals surface area contributed by atoms with Crippen LogP contribution in [0.15, 0.2) is 27.9 Å². The fourth-order valence-electron chi connectivity index (χ4n) is 2.73. The summed E-state index contributed by atoms with van der Waals surface area (Å²) in [4.78, 5) is 35.6. The lowest BCUT2D eigenvalue weighted by Crippen LogP contribution is -2.48. The summed E-state index contributed by atoms with van der Waals surface area (Å²) in [6, 6.07) is 1.49. The number of carboxylic acid groups (broad SMARTS) is 1. The number of aryl methyl sites for hydroxylation is 1. The van der Waals surface area contributed by atoms with Crippen molar-refractivity contribution in [2.75, 3.05) is 0 Å². The molecule has 23 heavy (non-hydrogen) atoms. The van der Waals surface area contributed by atoms with Gasteiger partial charge in [-0.15, -0.1) is 0 Å². The van der Waals surface area contributed by atoms with Crippen LogP contribution in [0.1, 0.15) is 42.8 Å². The van der Waals surface area contributed by atoms with Crippen LogP contribution in [0.2, 0.25) is 0 Å². The van der Waals surface area contributed by atoms with Crippen molar-refractivity contribution in [3.05, 3.63) is 34.8 Å². The maximum absolute atomic E-state index is 12.3. The minimum absolute atomic E-state index is 0.315. The Hall–Kier alpha value is -2.57. The minimum Gasteiger partial charge on any atom is -0.481 e. The molecular formula is C16H20N2O5. The highest BCUT2D eigenvalue weighted by molar-refractivity contribution is 5.96. The molecule has 0 bridgehead atoms. The van der Waals surface area contributed by atoms with Crippen molar-refractivity contribution in [3.63, 3.8) is 0 Å². The smallest absolute Gasteiger partial charge is 0.307 e. The van der Waals surface area contributed by atoms with E-state index in [1.165, 1.54) is 12.3 Å². The molecule has 0 saturated carbocycles. The molecule has 2 rings (SSSR count). The van der Waals surface area contributed by atoms with Gasteiger partial charge >= 0.3 is 5.97 Å². The van der Waals surface area contributed by atoms with Crippen LogP contribution in [0.25, 0.3) is 0 Å². The first-order valence-electron chi connectivity index (χ1n) is 7.33. The summed E-state index contributed by atoms with van der Waals surface area (Å²) in [5, 5.41) is 9.32. The van der Waals surface area contributed by atoms with Crippen molar-refractivity contribution in [1.82, 2.24) is 10.9 Å². The number of hydrogen-bond acceptors (Lipinski definition) is 4. The van der Waals surface area contributed by atoms with Crippen molar-refractivity contribution in [3.8, 4) is 0 Å². The number of rotatable bonds is 3. The van der Waals surface area contributed by atoms with Gasteiger partial charge in [0.2, 0.25) is 5.91 Å². The first-order chi connectivity index (χ1) is 10.8. The van der Waals surface area contributed by atoms with Gasteiger partial charge in [-0.2, -0.15) is 0 Å². The van der Waals surface area contributed by atoms with Crippen molar-refractivity contribution in [2.24, 2.45) is 11.8 Å². The fourth-order valence-corrected chi connectivity index (χ4v) is 2.73. The molecule has 124 valence electrons. The number of nitrogens with one attached hydrogen (secondary N) is 2. The standard InChI is InChI=1S/C16H20N2O5/c1-8-6-12(13(16(21)22)7-9(8)2)15(20)18-17-14(19)11-4-5-23-10(11)3/h4-5,12-13H,6-7H2,1-3H3,(H,17,19)(H,18,20)(H,21,22)/t12-,13-/m1/s1. The Morgan fingerprint density at radius 3 is 2.22 bits per heavy atom.